The van der Waals surface area contributed by atoms with Crippen LogP contribution in [-0.4, -0.2) is 39.9 Å². The number of hydrogen-bond donors (Lipinski definition) is 1. The predicted molar refractivity (Wildman–Crippen MR) is 104 cm³/mol. The van der Waals surface area contributed by atoms with Gasteiger partial charge in [-0.25, -0.2) is 23.5 Å². The molecular weight excluding hydrogens is 416 g/mol. The molecule has 2 aromatic heterocycles. The van der Waals surface area contributed by atoms with E-state index in [1.165, 1.54) is 28.5 Å². The number of nitrogens with one attached hydrogen (secondary N) is 1. The summed E-state index contributed by atoms with van der Waals surface area (Å²) in [5, 5.41) is 3.15. The number of aryl methyl sites for hydroxylation is 1. The summed E-state index contributed by atoms with van der Waals surface area (Å²) in [7, 11) is 0. The molecule has 1 aliphatic rings. The van der Waals surface area contributed by atoms with Gasteiger partial charge in [-0.1, -0.05) is 17.4 Å². The number of urea groups is 1. The monoisotopic (exact) mass is 433 g/mol. The molecular formula is C19H17F2N5O3S. The van der Waals surface area contributed by atoms with Crippen molar-refractivity contribution in [2.75, 3.05) is 18.0 Å². The third-order valence-corrected chi connectivity index (χ3v) is 5.77. The van der Waals surface area contributed by atoms with Gasteiger partial charge in [0.2, 0.25) is 0 Å². The second-order valence-corrected chi connectivity index (χ2v) is 7.66. The quantitative estimate of drug-likeness (QED) is 0.645. The predicted octanol–water partition coefficient (Wildman–Crippen LogP) is 3.09. The smallest absolute Gasteiger partial charge is 0.326 e. The van der Waals surface area contributed by atoms with Crippen LogP contribution in [0, 0.1) is 18.6 Å². The minimum atomic E-state index is -0.951. The molecule has 8 nitrogen and oxygen atoms in total. The molecule has 1 aliphatic heterocycles. The van der Waals surface area contributed by atoms with Crippen LogP contribution in [0.15, 0.2) is 35.3 Å². The Labute approximate surface area is 174 Å². The molecule has 0 atom stereocenters. The van der Waals surface area contributed by atoms with Crippen molar-refractivity contribution in [3.8, 4) is 0 Å². The van der Waals surface area contributed by atoms with E-state index in [4.69, 9.17) is 4.42 Å². The fourth-order valence-electron chi connectivity index (χ4n) is 3.05. The molecule has 4 rings (SSSR count). The molecule has 3 aromatic rings. The Morgan fingerprint density at radius 2 is 2.13 bits per heavy atom. The summed E-state index contributed by atoms with van der Waals surface area (Å²) in [6, 6.07) is 3.26. The van der Waals surface area contributed by atoms with Crippen molar-refractivity contribution < 1.29 is 22.8 Å². The summed E-state index contributed by atoms with van der Waals surface area (Å²) in [6.07, 6.45) is 2.72. The van der Waals surface area contributed by atoms with Crippen molar-refractivity contribution in [3.63, 3.8) is 0 Å². The van der Waals surface area contributed by atoms with Gasteiger partial charge in [-0.05, 0) is 24.6 Å². The number of carbonyl (C=O) groups excluding carboxylic acids is 2. The van der Waals surface area contributed by atoms with Gasteiger partial charge in [0, 0.05) is 19.6 Å². The molecule has 0 saturated carbocycles. The van der Waals surface area contributed by atoms with E-state index in [0.29, 0.717) is 40.0 Å². The van der Waals surface area contributed by atoms with Crippen LogP contribution < -0.4 is 10.2 Å². The summed E-state index contributed by atoms with van der Waals surface area (Å²) >= 11 is 1.12. The van der Waals surface area contributed by atoms with Gasteiger partial charge in [0.25, 0.3) is 5.91 Å². The van der Waals surface area contributed by atoms with E-state index in [-0.39, 0.29) is 25.0 Å². The third-order valence-electron chi connectivity index (χ3n) is 4.59. The maximum Gasteiger partial charge on any atom is 0.326 e. The molecule has 3 amide bonds. The van der Waals surface area contributed by atoms with Crippen molar-refractivity contribution >= 4 is 28.4 Å². The Bertz CT molecular complexity index is 1090. The van der Waals surface area contributed by atoms with Gasteiger partial charge in [0.1, 0.15) is 11.1 Å². The van der Waals surface area contributed by atoms with Crippen LogP contribution in [0.5, 0.6) is 0 Å². The first-order valence-electron chi connectivity index (χ1n) is 9.05. The molecule has 156 valence electrons. The number of amides is 3. The number of carbonyl (C=O) groups is 2. The van der Waals surface area contributed by atoms with Crippen molar-refractivity contribution in [3.05, 3.63) is 64.3 Å². The van der Waals surface area contributed by atoms with Crippen LogP contribution in [0.2, 0.25) is 0 Å². The van der Waals surface area contributed by atoms with Gasteiger partial charge < -0.3 is 14.6 Å². The zero-order chi connectivity index (χ0) is 21.3. The zero-order valence-corrected chi connectivity index (χ0v) is 16.7. The lowest BCUT2D eigenvalue weighted by Crippen LogP contribution is -2.31. The molecule has 1 saturated heterocycles. The average molecular weight is 433 g/mol. The lowest BCUT2D eigenvalue weighted by molar-refractivity contribution is 0.0953. The fraction of sp³-hybridized carbons (Fsp3) is 0.263. The van der Waals surface area contributed by atoms with E-state index in [1.807, 2.05) is 0 Å². The topological polar surface area (TPSA) is 91.6 Å². The third kappa shape index (κ3) is 4.01. The highest BCUT2D eigenvalue weighted by atomic mass is 32.1. The van der Waals surface area contributed by atoms with Crippen LogP contribution in [0.1, 0.15) is 26.6 Å². The first-order valence-corrected chi connectivity index (χ1v) is 9.87. The maximum absolute atomic E-state index is 13.4. The molecule has 0 spiro atoms. The number of thiazole rings is 1. The van der Waals surface area contributed by atoms with Crippen molar-refractivity contribution in [2.24, 2.45) is 0 Å². The van der Waals surface area contributed by atoms with E-state index in [1.54, 1.807) is 6.92 Å². The number of nitrogens with zero attached hydrogens (tertiary/aromatic N) is 4. The van der Waals surface area contributed by atoms with Gasteiger partial charge in [0.05, 0.1) is 17.9 Å². The normalized spacial score (nSPS) is 13.9. The van der Waals surface area contributed by atoms with Crippen molar-refractivity contribution in [1.29, 1.82) is 0 Å². The Kier molecular flexibility index (Phi) is 5.44. The minimum absolute atomic E-state index is 0.155. The van der Waals surface area contributed by atoms with E-state index >= 15 is 0 Å². The summed E-state index contributed by atoms with van der Waals surface area (Å²) in [5.41, 5.74) is 1.60. The van der Waals surface area contributed by atoms with Gasteiger partial charge in [-0.2, -0.15) is 0 Å². The SMILES string of the molecule is Cc1nc(N2CCN(Cc3ccc(F)c(F)c3)C2=O)sc1C(=O)NCc1cocn1. The fourth-order valence-corrected chi connectivity index (χ4v) is 4.05. The molecule has 0 bridgehead atoms. The van der Waals surface area contributed by atoms with Crippen LogP contribution in [0.25, 0.3) is 0 Å². The van der Waals surface area contributed by atoms with Gasteiger partial charge in [-0.3, -0.25) is 9.69 Å². The molecule has 1 fully saturated rings. The highest BCUT2D eigenvalue weighted by Crippen LogP contribution is 2.29. The lowest BCUT2D eigenvalue weighted by Gasteiger charge is -2.17. The van der Waals surface area contributed by atoms with Crippen LogP contribution >= 0.6 is 11.3 Å². The summed E-state index contributed by atoms with van der Waals surface area (Å²) in [6.45, 7) is 2.86. The number of halogens is 2. The van der Waals surface area contributed by atoms with Crippen molar-refractivity contribution in [2.45, 2.75) is 20.0 Å². The molecule has 30 heavy (non-hydrogen) atoms. The summed E-state index contributed by atoms with van der Waals surface area (Å²) < 4.78 is 31.4. The standard InChI is InChI=1S/C19H17F2N5O3S/c1-11-16(17(27)22-7-13-9-29-10-23-13)30-18(24-11)26-5-4-25(19(26)28)8-12-2-3-14(20)15(21)6-12/h2-3,6,9-10H,4-5,7-8H2,1H3,(H,22,27). The van der Waals surface area contributed by atoms with Crippen LogP contribution in [0.4, 0.5) is 18.7 Å². The maximum atomic E-state index is 13.4. The van der Waals surface area contributed by atoms with Crippen LogP contribution in [-0.2, 0) is 13.1 Å². The largest absolute Gasteiger partial charge is 0.451 e. The number of hydrogen-bond acceptors (Lipinski definition) is 6. The van der Waals surface area contributed by atoms with Gasteiger partial charge in [-0.15, -0.1) is 0 Å². The molecule has 11 heteroatoms. The summed E-state index contributed by atoms with van der Waals surface area (Å²) in [5.74, 6) is -2.20. The van der Waals surface area contributed by atoms with Gasteiger partial charge in [0.15, 0.2) is 23.2 Å². The second kappa shape index (κ2) is 8.19. The highest BCUT2D eigenvalue weighted by Gasteiger charge is 2.32. The Balaban J connectivity index is 1.43. The average Bonchev–Trinajstić information content (AvgIpc) is 3.44. The van der Waals surface area contributed by atoms with E-state index < -0.39 is 11.6 Å². The van der Waals surface area contributed by atoms with E-state index in [9.17, 15) is 18.4 Å². The van der Waals surface area contributed by atoms with Crippen molar-refractivity contribution in [1.82, 2.24) is 20.2 Å². The molecule has 3 heterocycles. The Hall–Kier alpha value is -3.34. The first kappa shape index (κ1) is 20.0. The van der Waals surface area contributed by atoms with E-state index in [2.05, 4.69) is 15.3 Å². The molecule has 0 unspecified atom stereocenters. The Morgan fingerprint density at radius 3 is 2.87 bits per heavy atom. The molecule has 1 aromatic carbocycles. The minimum Gasteiger partial charge on any atom is -0.451 e. The molecule has 0 aliphatic carbocycles. The van der Waals surface area contributed by atoms with Gasteiger partial charge >= 0.3 is 6.03 Å². The second-order valence-electron chi connectivity index (χ2n) is 6.68. The highest BCUT2D eigenvalue weighted by molar-refractivity contribution is 7.17. The lowest BCUT2D eigenvalue weighted by atomic mass is 10.2. The molecule has 1 N–H and O–H groups in total. The first-order chi connectivity index (χ1) is 14.4. The van der Waals surface area contributed by atoms with Crippen LogP contribution in [0.3, 0.4) is 0 Å². The number of rotatable bonds is 6. The zero-order valence-electron chi connectivity index (χ0n) is 15.9. The number of anilines is 1. The molecule has 0 radical (unpaired) electrons. The Morgan fingerprint density at radius 1 is 1.30 bits per heavy atom. The summed E-state index contributed by atoms with van der Waals surface area (Å²) in [4.78, 5) is 36.9. The number of benzene rings is 1. The van der Waals surface area contributed by atoms with E-state index in [0.717, 1.165) is 23.5 Å². The number of oxazole rings is 1. The number of aromatic nitrogens is 2.